The van der Waals surface area contributed by atoms with Crippen molar-refractivity contribution in [3.8, 4) is 0 Å². The van der Waals surface area contributed by atoms with E-state index in [1.54, 1.807) is 24.1 Å². The molecule has 1 heterocycles. The maximum Gasteiger partial charge on any atom is 0.337 e. The fourth-order valence-corrected chi connectivity index (χ4v) is 2.68. The van der Waals surface area contributed by atoms with E-state index in [1.807, 2.05) is 6.07 Å². The van der Waals surface area contributed by atoms with Gasteiger partial charge in [0.05, 0.1) is 10.6 Å². The van der Waals surface area contributed by atoms with Crippen LogP contribution in [-0.2, 0) is 0 Å². The maximum atomic E-state index is 10.9. The Morgan fingerprint density at radius 1 is 1.53 bits per heavy atom. The minimum Gasteiger partial charge on any atom is -0.478 e. The maximum absolute atomic E-state index is 10.9. The summed E-state index contributed by atoms with van der Waals surface area (Å²) in [5, 5.41) is 9.21. The second kappa shape index (κ2) is 4.33. The molecule has 1 aliphatic heterocycles. The molecule has 0 aromatic heterocycles. The van der Waals surface area contributed by atoms with E-state index >= 15 is 0 Å². The molecule has 0 bridgehead atoms. The van der Waals surface area contributed by atoms with Gasteiger partial charge in [-0.15, -0.1) is 0 Å². The first kappa shape index (κ1) is 10.6. The van der Waals surface area contributed by atoms with Gasteiger partial charge in [-0.25, -0.2) is 4.79 Å². The number of anilines is 1. The van der Waals surface area contributed by atoms with Gasteiger partial charge in [-0.1, -0.05) is 11.6 Å². The van der Waals surface area contributed by atoms with Crippen LogP contribution in [0.2, 0.25) is 5.02 Å². The zero-order valence-electron chi connectivity index (χ0n) is 7.94. The molecule has 0 amide bonds. The summed E-state index contributed by atoms with van der Waals surface area (Å²) < 4.78 is 2.10. The second-order valence-electron chi connectivity index (χ2n) is 3.26. The third-order valence-corrected chi connectivity index (χ3v) is 3.73. The lowest BCUT2D eigenvalue weighted by Crippen LogP contribution is -2.10. The van der Waals surface area contributed by atoms with E-state index in [0.29, 0.717) is 0 Å². The Morgan fingerprint density at radius 2 is 2.33 bits per heavy atom. The molecule has 0 unspecified atom stereocenters. The number of carbonyl (C=O) groups is 1. The number of hydrogen-bond acceptors (Lipinski definition) is 3. The predicted molar refractivity (Wildman–Crippen MR) is 62.8 cm³/mol. The lowest BCUT2D eigenvalue weighted by atomic mass is 10.2. The van der Waals surface area contributed by atoms with Gasteiger partial charge in [0.2, 0.25) is 0 Å². The zero-order chi connectivity index (χ0) is 10.8. The first-order chi connectivity index (χ1) is 7.18. The van der Waals surface area contributed by atoms with Crippen LogP contribution >= 0.6 is 23.5 Å². The van der Waals surface area contributed by atoms with Crippen LogP contribution in [0.1, 0.15) is 16.8 Å². The quantitative estimate of drug-likeness (QED) is 0.811. The van der Waals surface area contributed by atoms with Crippen LogP contribution in [0.5, 0.6) is 0 Å². The number of benzene rings is 1. The van der Waals surface area contributed by atoms with Crippen LogP contribution in [0.25, 0.3) is 0 Å². The minimum atomic E-state index is -0.981. The van der Waals surface area contributed by atoms with Crippen molar-refractivity contribution in [3.63, 3.8) is 0 Å². The molecule has 1 aromatic carbocycles. The van der Waals surface area contributed by atoms with E-state index in [2.05, 4.69) is 4.31 Å². The van der Waals surface area contributed by atoms with Gasteiger partial charge in [0.25, 0.3) is 0 Å². The van der Waals surface area contributed by atoms with Crippen molar-refractivity contribution >= 4 is 35.2 Å². The smallest absolute Gasteiger partial charge is 0.337 e. The summed E-state index contributed by atoms with van der Waals surface area (Å²) in [5.74, 6) is 0.108. The topological polar surface area (TPSA) is 40.5 Å². The second-order valence-corrected chi connectivity index (χ2v) is 4.77. The lowest BCUT2D eigenvalue weighted by Gasteiger charge is -2.16. The van der Waals surface area contributed by atoms with Crippen LogP contribution < -0.4 is 4.31 Å². The highest BCUT2D eigenvalue weighted by Gasteiger charge is 2.16. The third-order valence-electron chi connectivity index (χ3n) is 2.22. The van der Waals surface area contributed by atoms with Gasteiger partial charge in [-0.2, -0.15) is 0 Å². The molecule has 1 saturated heterocycles. The zero-order valence-corrected chi connectivity index (χ0v) is 9.51. The van der Waals surface area contributed by atoms with Gasteiger partial charge >= 0.3 is 5.97 Å². The highest BCUT2D eigenvalue weighted by molar-refractivity contribution is 8.00. The molecule has 2 rings (SSSR count). The van der Waals surface area contributed by atoms with Crippen LogP contribution in [0.15, 0.2) is 18.2 Å². The molecule has 1 N–H and O–H groups in total. The minimum absolute atomic E-state index is 0.168. The molecule has 80 valence electrons. The van der Waals surface area contributed by atoms with Crippen LogP contribution in [0.3, 0.4) is 0 Å². The SMILES string of the molecule is O=C(O)c1cc(N2CCCS2)ccc1Cl. The summed E-state index contributed by atoms with van der Waals surface area (Å²) in [4.78, 5) is 10.9. The molecule has 1 fully saturated rings. The Hall–Kier alpha value is -0.870. The Labute approximate surface area is 97.2 Å². The Balaban J connectivity index is 2.33. The molecule has 3 nitrogen and oxygen atoms in total. The predicted octanol–water partition coefficient (Wildman–Crippen LogP) is 2.90. The molecular weight excluding hydrogens is 234 g/mol. The molecule has 1 aromatic rings. The van der Waals surface area contributed by atoms with Gasteiger partial charge < -0.3 is 9.41 Å². The molecule has 0 saturated carbocycles. The summed E-state index contributed by atoms with van der Waals surface area (Å²) in [5.41, 5.74) is 1.08. The number of carboxylic acid groups (broad SMARTS) is 1. The highest BCUT2D eigenvalue weighted by Crippen LogP contribution is 2.31. The van der Waals surface area contributed by atoms with Gasteiger partial charge in [-0.05, 0) is 36.6 Å². The number of rotatable bonds is 2. The fourth-order valence-electron chi connectivity index (χ4n) is 1.48. The van der Waals surface area contributed by atoms with Crippen molar-refractivity contribution in [1.29, 1.82) is 0 Å². The molecule has 0 atom stereocenters. The van der Waals surface area contributed by atoms with Crippen molar-refractivity contribution in [3.05, 3.63) is 28.8 Å². The summed E-state index contributed by atoms with van der Waals surface area (Å²) in [6.45, 7) is 0.964. The molecule has 0 spiro atoms. The Kier molecular flexibility index (Phi) is 3.07. The highest BCUT2D eigenvalue weighted by atomic mass is 35.5. The van der Waals surface area contributed by atoms with E-state index in [1.165, 1.54) is 0 Å². The monoisotopic (exact) mass is 243 g/mol. The van der Waals surface area contributed by atoms with Crippen LogP contribution in [-0.4, -0.2) is 23.4 Å². The van der Waals surface area contributed by atoms with Gasteiger partial charge in [0.1, 0.15) is 0 Å². The first-order valence-corrected chi connectivity index (χ1v) is 5.94. The molecule has 1 aliphatic rings. The van der Waals surface area contributed by atoms with Crippen molar-refractivity contribution in [2.24, 2.45) is 0 Å². The average Bonchev–Trinajstić information content (AvgIpc) is 2.71. The fraction of sp³-hybridized carbons (Fsp3) is 0.300. The van der Waals surface area contributed by atoms with Gasteiger partial charge in [-0.3, -0.25) is 0 Å². The van der Waals surface area contributed by atoms with Crippen LogP contribution in [0.4, 0.5) is 5.69 Å². The van der Waals surface area contributed by atoms with E-state index < -0.39 is 5.97 Å². The summed E-state index contributed by atoms with van der Waals surface area (Å²) in [6, 6.07) is 5.12. The largest absolute Gasteiger partial charge is 0.478 e. The summed E-state index contributed by atoms with van der Waals surface area (Å²) in [6.07, 6.45) is 1.13. The number of aromatic carboxylic acids is 1. The number of carboxylic acids is 1. The van der Waals surface area contributed by atoms with Crippen LogP contribution in [0, 0.1) is 0 Å². The van der Waals surface area contributed by atoms with E-state index in [0.717, 1.165) is 24.4 Å². The van der Waals surface area contributed by atoms with Gasteiger partial charge in [0, 0.05) is 18.0 Å². The molecule has 0 aliphatic carbocycles. The van der Waals surface area contributed by atoms with E-state index in [4.69, 9.17) is 16.7 Å². The summed E-state index contributed by atoms with van der Waals surface area (Å²) >= 11 is 7.51. The molecule has 15 heavy (non-hydrogen) atoms. The normalized spacial score (nSPS) is 15.7. The average molecular weight is 244 g/mol. The lowest BCUT2D eigenvalue weighted by molar-refractivity contribution is 0.0697. The van der Waals surface area contributed by atoms with Crippen molar-refractivity contribution in [2.75, 3.05) is 16.6 Å². The standard InChI is InChI=1S/C10H10ClNO2S/c11-9-3-2-7(6-8(9)10(13)14)12-4-1-5-15-12/h2-3,6H,1,4-5H2,(H,13,14). The van der Waals surface area contributed by atoms with Crippen molar-refractivity contribution in [2.45, 2.75) is 6.42 Å². The number of nitrogens with zero attached hydrogens (tertiary/aromatic N) is 1. The summed E-state index contributed by atoms with van der Waals surface area (Å²) in [7, 11) is 0. The Bertz CT molecular complexity index is 391. The van der Waals surface area contributed by atoms with E-state index in [-0.39, 0.29) is 10.6 Å². The third kappa shape index (κ3) is 2.21. The molecule has 0 radical (unpaired) electrons. The molecular formula is C10H10ClNO2S. The van der Waals surface area contributed by atoms with Crippen molar-refractivity contribution < 1.29 is 9.90 Å². The number of halogens is 1. The number of hydrogen-bond donors (Lipinski definition) is 1. The van der Waals surface area contributed by atoms with Crippen molar-refractivity contribution in [1.82, 2.24) is 0 Å². The van der Waals surface area contributed by atoms with Gasteiger partial charge in [0.15, 0.2) is 0 Å². The first-order valence-electron chi connectivity index (χ1n) is 4.62. The molecule has 5 heteroatoms. The van der Waals surface area contributed by atoms with E-state index in [9.17, 15) is 4.79 Å². The Morgan fingerprint density at radius 3 is 2.93 bits per heavy atom.